The Balaban J connectivity index is 1.40. The molecule has 1 N–H and O–H groups in total. The second-order valence-electron chi connectivity index (χ2n) is 9.28. The molecule has 2 aromatic carbocycles. The number of benzene rings is 2. The van der Waals surface area contributed by atoms with E-state index in [-0.39, 0.29) is 28.7 Å². The van der Waals surface area contributed by atoms with Gasteiger partial charge in [0.05, 0.1) is 10.8 Å². The molecule has 1 heterocycles. The summed E-state index contributed by atoms with van der Waals surface area (Å²) in [6, 6.07) is 15.5. The summed E-state index contributed by atoms with van der Waals surface area (Å²) in [5.74, 6) is -0.542. The van der Waals surface area contributed by atoms with Gasteiger partial charge in [-0.3, -0.25) is 9.59 Å². The van der Waals surface area contributed by atoms with Crippen LogP contribution in [0.25, 0.3) is 0 Å². The van der Waals surface area contributed by atoms with Crippen LogP contribution in [0.3, 0.4) is 0 Å². The number of sulfonamides is 1. The summed E-state index contributed by atoms with van der Waals surface area (Å²) in [7, 11) is -1.95. The van der Waals surface area contributed by atoms with Gasteiger partial charge < -0.3 is 10.2 Å². The van der Waals surface area contributed by atoms with Gasteiger partial charge in [0.25, 0.3) is 5.91 Å². The fourth-order valence-electron chi connectivity index (χ4n) is 4.90. The Bertz CT molecular complexity index is 1100. The number of carbonyl (C=O) groups is 2. The average Bonchev–Trinajstić information content (AvgIpc) is 2.89. The molecule has 1 saturated carbocycles. The molecule has 2 amide bonds. The first-order valence-corrected chi connectivity index (χ1v) is 13.5. The highest BCUT2D eigenvalue weighted by Crippen LogP contribution is 2.27. The average molecular weight is 484 g/mol. The number of nitrogens with one attached hydrogen (secondary N) is 1. The summed E-state index contributed by atoms with van der Waals surface area (Å²) in [6.45, 7) is 0.931. The van der Waals surface area contributed by atoms with E-state index in [4.69, 9.17) is 0 Å². The van der Waals surface area contributed by atoms with Gasteiger partial charge in [-0.2, -0.15) is 4.31 Å². The van der Waals surface area contributed by atoms with Gasteiger partial charge in [0.15, 0.2) is 0 Å². The van der Waals surface area contributed by atoms with Gasteiger partial charge in [0, 0.05) is 37.4 Å². The highest BCUT2D eigenvalue weighted by atomic mass is 32.2. The molecule has 4 rings (SSSR count). The van der Waals surface area contributed by atoms with Crippen LogP contribution in [0.15, 0.2) is 59.5 Å². The first-order valence-electron chi connectivity index (χ1n) is 12.1. The number of amides is 2. The summed E-state index contributed by atoms with van der Waals surface area (Å²) in [6.07, 6.45) is 6.52. The second-order valence-corrected chi connectivity index (χ2v) is 11.3. The topological polar surface area (TPSA) is 86.8 Å². The lowest BCUT2D eigenvalue weighted by atomic mass is 9.96. The molecule has 1 aliphatic heterocycles. The zero-order chi connectivity index (χ0) is 24.1. The number of nitrogens with zero attached hydrogens (tertiary/aromatic N) is 2. The normalized spacial score (nSPS) is 19.7. The van der Waals surface area contributed by atoms with Crippen molar-refractivity contribution in [1.29, 1.82) is 0 Å². The highest BCUT2D eigenvalue weighted by molar-refractivity contribution is 7.89. The molecule has 1 atom stereocenters. The van der Waals surface area contributed by atoms with Crippen LogP contribution in [0.2, 0.25) is 0 Å². The molecular weight excluding hydrogens is 450 g/mol. The van der Waals surface area contributed by atoms with Crippen molar-refractivity contribution < 1.29 is 18.0 Å². The van der Waals surface area contributed by atoms with Crippen molar-refractivity contribution in [2.24, 2.45) is 5.92 Å². The quantitative estimate of drug-likeness (QED) is 0.669. The van der Waals surface area contributed by atoms with E-state index < -0.39 is 10.0 Å². The predicted octanol–water partition coefficient (Wildman–Crippen LogP) is 4.13. The van der Waals surface area contributed by atoms with E-state index >= 15 is 0 Å². The fraction of sp³-hybridized carbons (Fsp3) is 0.462. The molecule has 0 unspecified atom stereocenters. The zero-order valence-corrected chi connectivity index (χ0v) is 20.5. The minimum atomic E-state index is -3.60. The van der Waals surface area contributed by atoms with E-state index in [1.807, 2.05) is 30.3 Å². The number of likely N-dealkylation sites (tertiary alicyclic amines) is 1. The number of rotatable bonds is 6. The molecule has 0 bridgehead atoms. The third-order valence-electron chi connectivity index (χ3n) is 6.99. The third kappa shape index (κ3) is 5.50. The number of hydrogen-bond acceptors (Lipinski definition) is 4. The molecule has 2 aliphatic rings. The Hall–Kier alpha value is -2.71. The maximum atomic E-state index is 13.1. The van der Waals surface area contributed by atoms with Gasteiger partial charge in [-0.1, -0.05) is 37.5 Å². The minimum absolute atomic E-state index is 0.0346. The van der Waals surface area contributed by atoms with E-state index in [1.54, 1.807) is 24.1 Å². The van der Waals surface area contributed by atoms with Crippen molar-refractivity contribution in [1.82, 2.24) is 9.21 Å². The predicted molar refractivity (Wildman–Crippen MR) is 132 cm³/mol. The minimum Gasteiger partial charge on any atom is -0.338 e. The van der Waals surface area contributed by atoms with Crippen molar-refractivity contribution in [2.45, 2.75) is 55.9 Å². The number of anilines is 1. The lowest BCUT2D eigenvalue weighted by Gasteiger charge is -2.32. The number of carbonyl (C=O) groups excluding carboxylic acids is 2. The molecule has 0 aromatic heterocycles. The zero-order valence-electron chi connectivity index (χ0n) is 19.7. The lowest BCUT2D eigenvalue weighted by molar-refractivity contribution is -0.121. The Labute approximate surface area is 202 Å². The molecule has 182 valence electrons. The summed E-state index contributed by atoms with van der Waals surface area (Å²) in [4.78, 5) is 27.7. The van der Waals surface area contributed by atoms with Crippen LogP contribution in [0.4, 0.5) is 5.69 Å². The summed E-state index contributed by atoms with van der Waals surface area (Å²) >= 11 is 0. The van der Waals surface area contributed by atoms with Gasteiger partial charge in [-0.15, -0.1) is 0 Å². The van der Waals surface area contributed by atoms with E-state index in [0.717, 1.165) is 50.6 Å². The van der Waals surface area contributed by atoms with Crippen LogP contribution in [0.1, 0.15) is 55.3 Å². The molecule has 2 fully saturated rings. The Morgan fingerprint density at radius 3 is 2.26 bits per heavy atom. The smallest absolute Gasteiger partial charge is 0.253 e. The first-order chi connectivity index (χ1) is 16.4. The first kappa shape index (κ1) is 24.4. The molecular formula is C26H33N3O4S. The van der Waals surface area contributed by atoms with E-state index in [1.165, 1.54) is 16.4 Å². The van der Waals surface area contributed by atoms with Gasteiger partial charge in [-0.25, -0.2) is 8.42 Å². The fourth-order valence-corrected chi connectivity index (χ4v) is 6.32. The second kappa shape index (κ2) is 10.7. The molecule has 0 spiro atoms. The third-order valence-corrected chi connectivity index (χ3v) is 8.91. The van der Waals surface area contributed by atoms with Gasteiger partial charge in [-0.05, 0) is 62.1 Å². The van der Waals surface area contributed by atoms with Crippen molar-refractivity contribution in [3.8, 4) is 0 Å². The van der Waals surface area contributed by atoms with Gasteiger partial charge in [0.1, 0.15) is 0 Å². The van der Waals surface area contributed by atoms with Crippen LogP contribution in [0, 0.1) is 5.92 Å². The molecule has 1 saturated heterocycles. The van der Waals surface area contributed by atoms with Crippen molar-refractivity contribution in [3.63, 3.8) is 0 Å². The molecule has 2 aromatic rings. The Kier molecular flexibility index (Phi) is 7.68. The van der Waals surface area contributed by atoms with E-state index in [9.17, 15) is 18.0 Å². The standard InChI is InChI=1S/C26H33N3O4S/c1-28(23-12-6-3-7-13-23)34(32,33)24-16-14-20(15-17-24)26(31)29-18-8-9-21(19-29)25(30)27-22-10-4-2-5-11-22/h2,4-5,10-11,14-17,21,23H,3,6-9,12-13,18-19H2,1H3,(H,27,30)/t21-/m1/s1. The van der Waals surface area contributed by atoms with Crippen LogP contribution < -0.4 is 5.32 Å². The van der Waals surface area contributed by atoms with Crippen LogP contribution >= 0.6 is 0 Å². The van der Waals surface area contributed by atoms with Gasteiger partial charge >= 0.3 is 0 Å². The number of para-hydroxylation sites is 1. The van der Waals surface area contributed by atoms with Crippen LogP contribution in [-0.4, -0.2) is 55.6 Å². The number of hydrogen-bond donors (Lipinski definition) is 1. The van der Waals surface area contributed by atoms with Crippen molar-refractivity contribution >= 4 is 27.5 Å². The summed E-state index contributed by atoms with van der Waals surface area (Å²) in [5.41, 5.74) is 1.18. The van der Waals surface area contributed by atoms with Gasteiger partial charge in [0.2, 0.25) is 15.9 Å². The van der Waals surface area contributed by atoms with Crippen molar-refractivity contribution in [2.75, 3.05) is 25.5 Å². The largest absolute Gasteiger partial charge is 0.338 e. The van der Waals surface area contributed by atoms with Crippen molar-refractivity contribution in [3.05, 3.63) is 60.2 Å². The molecule has 1 aliphatic carbocycles. The molecule has 0 radical (unpaired) electrons. The SMILES string of the molecule is CN(C1CCCCC1)S(=O)(=O)c1ccc(C(=O)N2CCC[C@@H](C(=O)Nc3ccccc3)C2)cc1. The van der Waals surface area contributed by atoms with Crippen LogP contribution in [-0.2, 0) is 14.8 Å². The molecule has 8 heteroatoms. The van der Waals surface area contributed by atoms with Crippen LogP contribution in [0.5, 0.6) is 0 Å². The van der Waals surface area contributed by atoms with E-state index in [0.29, 0.717) is 18.7 Å². The maximum Gasteiger partial charge on any atom is 0.253 e. The Morgan fingerprint density at radius 1 is 0.912 bits per heavy atom. The molecule has 34 heavy (non-hydrogen) atoms. The highest BCUT2D eigenvalue weighted by Gasteiger charge is 2.31. The van der Waals surface area contributed by atoms with E-state index in [2.05, 4.69) is 5.32 Å². The Morgan fingerprint density at radius 2 is 1.59 bits per heavy atom. The maximum absolute atomic E-state index is 13.1. The summed E-state index contributed by atoms with van der Waals surface area (Å²) < 4.78 is 27.6. The monoisotopic (exact) mass is 483 g/mol. The lowest BCUT2D eigenvalue weighted by Crippen LogP contribution is -2.43. The summed E-state index contributed by atoms with van der Waals surface area (Å²) in [5, 5.41) is 2.92. The number of piperidine rings is 1. The molecule has 7 nitrogen and oxygen atoms in total.